The van der Waals surface area contributed by atoms with Crippen LogP contribution in [0.25, 0.3) is 5.57 Å². The van der Waals surface area contributed by atoms with Gasteiger partial charge in [-0.1, -0.05) is 47.5 Å². The minimum absolute atomic E-state index is 0.576. The van der Waals surface area contributed by atoms with Gasteiger partial charge in [-0.25, -0.2) is 0 Å². The maximum absolute atomic E-state index is 6.01. The molecule has 3 rings (SSSR count). The molecule has 0 radical (unpaired) electrons. The molecule has 0 unspecified atom stereocenters. The maximum Gasteiger partial charge on any atom is 0.130 e. The first-order valence-corrected chi connectivity index (χ1v) is 9.11. The Morgan fingerprint density at radius 2 is 1.62 bits per heavy atom. The average molecular weight is 378 g/mol. The van der Waals surface area contributed by atoms with E-state index in [1.54, 1.807) is 11.8 Å². The lowest BCUT2D eigenvalue weighted by molar-refractivity contribution is 0.487. The maximum atomic E-state index is 6.01. The van der Waals surface area contributed by atoms with Crippen LogP contribution < -0.4 is 5.73 Å². The van der Waals surface area contributed by atoms with Crippen LogP contribution in [0, 0.1) is 0 Å². The van der Waals surface area contributed by atoms with Gasteiger partial charge in [-0.2, -0.15) is 5.10 Å². The van der Waals surface area contributed by atoms with Crippen LogP contribution in [0.4, 0.5) is 0 Å². The van der Waals surface area contributed by atoms with Crippen molar-refractivity contribution in [1.82, 2.24) is 5.01 Å². The third kappa shape index (κ3) is 3.78. The Kier molecular flexibility index (Phi) is 5.51. The van der Waals surface area contributed by atoms with Crippen molar-refractivity contribution in [3.05, 3.63) is 74.7 Å². The van der Waals surface area contributed by atoms with Crippen molar-refractivity contribution < 1.29 is 0 Å². The number of hydrogen-bond donors (Lipinski definition) is 1. The van der Waals surface area contributed by atoms with Crippen molar-refractivity contribution in [2.24, 2.45) is 10.8 Å². The summed E-state index contributed by atoms with van der Waals surface area (Å²) in [5, 5.41) is 10.1. The summed E-state index contributed by atoms with van der Waals surface area (Å²) in [4.78, 5) is 0. The molecule has 24 heavy (non-hydrogen) atoms. The molecule has 2 aromatic rings. The number of benzene rings is 2. The number of rotatable bonds is 4. The van der Waals surface area contributed by atoms with Gasteiger partial charge in [0, 0.05) is 22.7 Å². The molecule has 1 aliphatic rings. The van der Waals surface area contributed by atoms with Gasteiger partial charge in [0.1, 0.15) is 10.1 Å². The highest BCUT2D eigenvalue weighted by Gasteiger charge is 2.23. The molecule has 1 aliphatic heterocycles. The fourth-order valence-corrected chi connectivity index (χ4v) is 3.86. The molecule has 2 N–H and O–H groups in total. The van der Waals surface area contributed by atoms with Crippen molar-refractivity contribution in [3.8, 4) is 0 Å². The highest BCUT2D eigenvalue weighted by molar-refractivity contribution is 8.18. The van der Waals surface area contributed by atoms with Gasteiger partial charge in [-0.15, -0.1) is 0 Å². The van der Waals surface area contributed by atoms with Crippen LogP contribution in [-0.4, -0.2) is 23.6 Å². The van der Waals surface area contributed by atoms with Gasteiger partial charge in [0.05, 0.1) is 0 Å². The number of thioether (sulfide) groups is 1. The second kappa shape index (κ2) is 7.62. The summed E-state index contributed by atoms with van der Waals surface area (Å²) in [5.74, 6) is 0. The summed E-state index contributed by atoms with van der Waals surface area (Å²) in [7, 11) is 1.96. The molecule has 0 bridgehead atoms. The minimum atomic E-state index is 0.576. The largest absolute Gasteiger partial charge is 0.330 e. The monoisotopic (exact) mass is 377 g/mol. The molecule has 0 fully saturated rings. The van der Waals surface area contributed by atoms with E-state index in [0.29, 0.717) is 6.54 Å². The van der Waals surface area contributed by atoms with Crippen LogP contribution in [0.5, 0.6) is 0 Å². The Bertz CT molecular complexity index is 783. The van der Waals surface area contributed by atoms with E-state index in [-0.39, 0.29) is 0 Å². The Morgan fingerprint density at radius 1 is 1.04 bits per heavy atom. The zero-order chi connectivity index (χ0) is 17.1. The van der Waals surface area contributed by atoms with Gasteiger partial charge in [0.2, 0.25) is 0 Å². The fraction of sp³-hybridized carbons (Fsp3) is 0.167. The first kappa shape index (κ1) is 17.4. The lowest BCUT2D eigenvalue weighted by atomic mass is 10.0. The van der Waals surface area contributed by atoms with Crippen molar-refractivity contribution in [1.29, 1.82) is 0 Å². The van der Waals surface area contributed by atoms with E-state index in [2.05, 4.69) is 5.10 Å². The summed E-state index contributed by atoms with van der Waals surface area (Å²) >= 11 is 13.6. The lowest BCUT2D eigenvalue weighted by Crippen LogP contribution is -2.08. The molecule has 0 aromatic heterocycles. The van der Waals surface area contributed by atoms with Gasteiger partial charge in [0.25, 0.3) is 0 Å². The quantitative estimate of drug-likeness (QED) is 0.809. The molecule has 0 atom stereocenters. The number of hydrogen-bond acceptors (Lipinski definition) is 4. The average Bonchev–Trinajstić information content (AvgIpc) is 2.96. The van der Waals surface area contributed by atoms with Crippen molar-refractivity contribution in [2.45, 2.75) is 6.42 Å². The predicted molar refractivity (Wildman–Crippen MR) is 105 cm³/mol. The third-order valence-corrected chi connectivity index (χ3v) is 5.38. The normalized spacial score (nSPS) is 16.3. The molecule has 0 saturated carbocycles. The van der Waals surface area contributed by atoms with Gasteiger partial charge in [-0.05, 0) is 60.1 Å². The molecule has 0 amide bonds. The third-order valence-electron chi connectivity index (χ3n) is 3.66. The predicted octanol–water partition coefficient (Wildman–Crippen LogP) is 5.05. The smallest absolute Gasteiger partial charge is 0.130 e. The molecule has 0 saturated heterocycles. The van der Waals surface area contributed by atoms with Crippen LogP contribution in [0.3, 0.4) is 0 Å². The molecule has 0 spiro atoms. The molecule has 0 aliphatic carbocycles. The topological polar surface area (TPSA) is 41.6 Å². The fourth-order valence-electron chi connectivity index (χ4n) is 2.50. The SMILES string of the molecule is CN1N=C(c2ccc(Cl)cc2)SC1=C(CCN)c1ccc(Cl)cc1. The standard InChI is InChI=1S/C18H17Cl2N3S/c1-23-18(16(10-11-21)12-2-6-14(19)7-3-12)24-17(22-23)13-4-8-15(20)9-5-13/h2-9H,10-11,21H2,1H3. The number of nitrogens with zero attached hydrogens (tertiary/aromatic N) is 2. The summed E-state index contributed by atoms with van der Waals surface area (Å²) in [5.41, 5.74) is 9.18. The first-order valence-electron chi connectivity index (χ1n) is 7.54. The van der Waals surface area contributed by atoms with E-state index in [1.165, 1.54) is 5.57 Å². The van der Waals surface area contributed by atoms with E-state index >= 15 is 0 Å². The number of halogens is 2. The first-order chi connectivity index (χ1) is 11.6. The van der Waals surface area contributed by atoms with Crippen molar-refractivity contribution >= 4 is 45.6 Å². The summed E-state index contributed by atoms with van der Waals surface area (Å²) in [6, 6.07) is 15.6. The number of nitrogens with two attached hydrogens (primary N) is 1. The summed E-state index contributed by atoms with van der Waals surface area (Å²) in [6.07, 6.45) is 0.776. The summed E-state index contributed by atoms with van der Waals surface area (Å²) < 4.78 is 0. The zero-order valence-corrected chi connectivity index (χ0v) is 15.5. The van der Waals surface area contributed by atoms with Crippen molar-refractivity contribution in [2.75, 3.05) is 13.6 Å². The molecule has 124 valence electrons. The van der Waals surface area contributed by atoms with E-state index in [0.717, 1.165) is 37.7 Å². The minimum Gasteiger partial charge on any atom is -0.330 e. The molecular formula is C18H17Cl2N3S. The van der Waals surface area contributed by atoms with Crippen molar-refractivity contribution in [3.63, 3.8) is 0 Å². The Labute approximate surface area is 156 Å². The van der Waals surface area contributed by atoms with Crippen LogP contribution in [0.2, 0.25) is 10.0 Å². The molecule has 3 nitrogen and oxygen atoms in total. The lowest BCUT2D eigenvalue weighted by Gasteiger charge is -2.15. The van der Waals surface area contributed by atoms with Gasteiger partial charge in [-0.3, -0.25) is 5.01 Å². The highest BCUT2D eigenvalue weighted by Crippen LogP contribution is 2.38. The molecule has 6 heteroatoms. The van der Waals surface area contributed by atoms with Crippen LogP contribution >= 0.6 is 35.0 Å². The number of hydrazone groups is 1. The van der Waals surface area contributed by atoms with Gasteiger partial charge >= 0.3 is 0 Å². The second-order valence-electron chi connectivity index (χ2n) is 5.37. The zero-order valence-electron chi connectivity index (χ0n) is 13.2. The van der Waals surface area contributed by atoms with Gasteiger partial charge < -0.3 is 5.73 Å². The van der Waals surface area contributed by atoms with Crippen LogP contribution in [0.15, 0.2) is 58.7 Å². The van der Waals surface area contributed by atoms with E-state index < -0.39 is 0 Å². The Morgan fingerprint density at radius 3 is 2.21 bits per heavy atom. The Hall–Kier alpha value is -1.46. The highest BCUT2D eigenvalue weighted by atomic mass is 35.5. The Balaban J connectivity index is 1.95. The van der Waals surface area contributed by atoms with Crippen LogP contribution in [0.1, 0.15) is 17.5 Å². The van der Waals surface area contributed by atoms with E-state index in [1.807, 2.05) is 60.6 Å². The molecular weight excluding hydrogens is 361 g/mol. The van der Waals surface area contributed by atoms with E-state index in [4.69, 9.17) is 28.9 Å². The summed E-state index contributed by atoms with van der Waals surface area (Å²) in [6.45, 7) is 0.576. The van der Waals surface area contributed by atoms with Crippen LogP contribution in [-0.2, 0) is 0 Å². The second-order valence-corrected chi connectivity index (χ2v) is 7.22. The van der Waals surface area contributed by atoms with E-state index in [9.17, 15) is 0 Å². The molecule has 2 aromatic carbocycles. The molecule has 1 heterocycles. The van der Waals surface area contributed by atoms with Gasteiger partial charge in [0.15, 0.2) is 0 Å².